The van der Waals surface area contributed by atoms with E-state index in [9.17, 15) is 13.2 Å². The van der Waals surface area contributed by atoms with Gasteiger partial charge in [-0.15, -0.1) is 0 Å². The third kappa shape index (κ3) is 4.08. The van der Waals surface area contributed by atoms with Gasteiger partial charge in [-0.2, -0.15) is 18.3 Å². The smallest absolute Gasteiger partial charge is 0.429 e. The highest BCUT2D eigenvalue weighted by molar-refractivity contribution is 6.30. The van der Waals surface area contributed by atoms with Crippen LogP contribution >= 0.6 is 23.2 Å². The summed E-state index contributed by atoms with van der Waals surface area (Å²) in [5, 5.41) is 4.39. The molecular weight excluding hydrogens is 392 g/mol. The maximum atomic E-state index is 13.7. The van der Waals surface area contributed by atoms with Crippen LogP contribution in [0.15, 0.2) is 42.9 Å². The van der Waals surface area contributed by atoms with Crippen LogP contribution in [0, 0.1) is 6.92 Å². The van der Waals surface area contributed by atoms with Crippen LogP contribution in [0.4, 0.5) is 13.2 Å². The quantitative estimate of drug-likeness (QED) is 0.578. The Morgan fingerprint density at radius 2 is 1.88 bits per heavy atom. The van der Waals surface area contributed by atoms with Crippen molar-refractivity contribution < 1.29 is 17.9 Å². The van der Waals surface area contributed by atoms with E-state index in [2.05, 4.69) is 15.1 Å². The summed E-state index contributed by atoms with van der Waals surface area (Å²) in [6.45, 7) is 1.72. The molecule has 0 unspecified atom stereocenters. The topological polar surface area (TPSA) is 52.8 Å². The molecule has 0 saturated carbocycles. The van der Waals surface area contributed by atoms with E-state index >= 15 is 0 Å². The molecule has 0 radical (unpaired) electrons. The van der Waals surface area contributed by atoms with E-state index in [-0.39, 0.29) is 27.3 Å². The molecule has 0 aliphatic heterocycles. The fourth-order valence-electron chi connectivity index (χ4n) is 2.30. The predicted octanol–water partition coefficient (Wildman–Crippen LogP) is 4.96. The van der Waals surface area contributed by atoms with Gasteiger partial charge in [0.2, 0.25) is 12.0 Å². The molecule has 0 amide bonds. The third-order valence-corrected chi connectivity index (χ3v) is 3.83. The van der Waals surface area contributed by atoms with Gasteiger partial charge in [-0.3, -0.25) is 0 Å². The van der Waals surface area contributed by atoms with Gasteiger partial charge in [-0.1, -0.05) is 29.3 Å². The second-order valence-corrected chi connectivity index (χ2v) is 6.15. The zero-order chi connectivity index (χ0) is 18.9. The Kier molecular flexibility index (Phi) is 5.06. The first kappa shape index (κ1) is 18.5. The summed E-state index contributed by atoms with van der Waals surface area (Å²) >= 11 is 11.7. The summed E-state index contributed by atoms with van der Waals surface area (Å²) in [6, 6.07) is 6.76. The van der Waals surface area contributed by atoms with Gasteiger partial charge in [0.25, 0.3) is 0 Å². The number of aryl methyl sites for hydroxylation is 1. The Labute approximate surface area is 156 Å². The van der Waals surface area contributed by atoms with Crippen molar-refractivity contribution in [2.45, 2.75) is 19.2 Å². The number of alkyl halides is 3. The van der Waals surface area contributed by atoms with Gasteiger partial charge in [0.1, 0.15) is 11.5 Å². The summed E-state index contributed by atoms with van der Waals surface area (Å²) in [6.07, 6.45) is -4.46. The molecule has 0 spiro atoms. The molecule has 1 aromatic carbocycles. The van der Waals surface area contributed by atoms with Crippen molar-refractivity contribution in [1.82, 2.24) is 19.7 Å². The monoisotopic (exact) mass is 402 g/mol. The number of rotatable bonds is 4. The second kappa shape index (κ2) is 7.13. The number of ether oxygens (including phenoxy) is 1. The van der Waals surface area contributed by atoms with E-state index < -0.39 is 12.3 Å². The summed E-state index contributed by atoms with van der Waals surface area (Å²) in [5.74, 6) is -0.301. The Hall–Kier alpha value is -2.32. The number of nitrogens with zero attached hydrogens (tertiary/aromatic N) is 4. The van der Waals surface area contributed by atoms with Gasteiger partial charge in [-0.05, 0) is 25.1 Å². The molecule has 0 saturated heterocycles. The van der Waals surface area contributed by atoms with Crippen LogP contribution in [0.5, 0.6) is 5.88 Å². The standard InChI is InChI=1S/C16H11Cl2F3N4O/c1-9-4-5-25(24-9)12-6-10(17)2-3-11(12)15(16(19,20)21)26-14-7-13(18)22-8-23-14/h2-8,15H,1H3/t15-/m1/s1. The number of aromatic nitrogens is 4. The van der Waals surface area contributed by atoms with Crippen LogP contribution in [-0.2, 0) is 0 Å². The third-order valence-electron chi connectivity index (χ3n) is 3.39. The molecule has 2 aromatic heterocycles. The number of halogens is 5. The normalized spacial score (nSPS) is 12.8. The average Bonchev–Trinajstić information content (AvgIpc) is 2.98. The van der Waals surface area contributed by atoms with Crippen LogP contribution in [0.2, 0.25) is 10.2 Å². The van der Waals surface area contributed by atoms with Crippen molar-refractivity contribution in [2.75, 3.05) is 0 Å². The maximum absolute atomic E-state index is 13.7. The van der Waals surface area contributed by atoms with Crippen molar-refractivity contribution >= 4 is 23.2 Å². The maximum Gasteiger partial charge on any atom is 0.429 e. The fraction of sp³-hybridized carbons (Fsp3) is 0.188. The van der Waals surface area contributed by atoms with Gasteiger partial charge in [-0.25, -0.2) is 14.6 Å². The molecule has 0 N–H and O–H groups in total. The minimum Gasteiger partial charge on any atom is -0.459 e. The Morgan fingerprint density at radius 1 is 1.12 bits per heavy atom. The first-order valence-electron chi connectivity index (χ1n) is 7.27. The van der Waals surface area contributed by atoms with E-state index in [1.807, 2.05) is 0 Å². The molecular formula is C16H11Cl2F3N4O. The summed E-state index contributed by atoms with van der Waals surface area (Å²) < 4.78 is 47.6. The summed E-state index contributed by atoms with van der Waals surface area (Å²) in [7, 11) is 0. The van der Waals surface area contributed by atoms with Crippen molar-refractivity contribution in [2.24, 2.45) is 0 Å². The molecule has 5 nitrogen and oxygen atoms in total. The highest BCUT2D eigenvalue weighted by Crippen LogP contribution is 2.39. The lowest BCUT2D eigenvalue weighted by atomic mass is 10.1. The van der Waals surface area contributed by atoms with Crippen molar-refractivity contribution in [3.63, 3.8) is 0 Å². The molecule has 3 rings (SSSR count). The van der Waals surface area contributed by atoms with E-state index in [1.54, 1.807) is 19.2 Å². The second-order valence-electron chi connectivity index (χ2n) is 5.32. The molecule has 0 aliphatic carbocycles. The highest BCUT2D eigenvalue weighted by Gasteiger charge is 2.45. The molecule has 0 aliphatic rings. The summed E-state index contributed by atoms with van der Waals surface area (Å²) in [5.41, 5.74) is 0.621. The van der Waals surface area contributed by atoms with E-state index in [0.29, 0.717) is 5.69 Å². The van der Waals surface area contributed by atoms with Crippen LogP contribution in [0.1, 0.15) is 17.4 Å². The zero-order valence-electron chi connectivity index (χ0n) is 13.2. The largest absolute Gasteiger partial charge is 0.459 e. The SMILES string of the molecule is Cc1ccn(-c2cc(Cl)ccc2[C@@H](Oc2cc(Cl)ncn2)C(F)(F)F)n1. The highest BCUT2D eigenvalue weighted by atomic mass is 35.5. The van der Waals surface area contributed by atoms with Gasteiger partial charge in [0, 0.05) is 22.8 Å². The minimum absolute atomic E-state index is 0.0324. The van der Waals surface area contributed by atoms with E-state index in [4.69, 9.17) is 27.9 Å². The number of hydrogen-bond donors (Lipinski definition) is 0. The van der Waals surface area contributed by atoms with Crippen molar-refractivity contribution in [3.8, 4) is 11.6 Å². The number of hydrogen-bond acceptors (Lipinski definition) is 4. The van der Waals surface area contributed by atoms with Crippen molar-refractivity contribution in [3.05, 3.63) is 64.3 Å². The number of benzene rings is 1. The summed E-state index contributed by atoms with van der Waals surface area (Å²) in [4.78, 5) is 7.30. The zero-order valence-corrected chi connectivity index (χ0v) is 14.7. The van der Waals surface area contributed by atoms with Crippen molar-refractivity contribution in [1.29, 1.82) is 0 Å². The predicted molar refractivity (Wildman–Crippen MR) is 89.8 cm³/mol. The van der Waals surface area contributed by atoms with Gasteiger partial charge in [0.05, 0.1) is 11.4 Å². The Bertz CT molecular complexity index is 930. The average molecular weight is 403 g/mol. The molecule has 0 fully saturated rings. The Balaban J connectivity index is 2.10. The molecule has 136 valence electrons. The Morgan fingerprint density at radius 3 is 2.50 bits per heavy atom. The molecule has 1 atom stereocenters. The molecule has 10 heteroatoms. The van der Waals surface area contributed by atoms with Gasteiger partial charge in [0.15, 0.2) is 0 Å². The van der Waals surface area contributed by atoms with Gasteiger partial charge >= 0.3 is 6.18 Å². The molecule has 2 heterocycles. The van der Waals surface area contributed by atoms with E-state index in [1.165, 1.54) is 22.9 Å². The van der Waals surface area contributed by atoms with Crippen LogP contribution in [-0.4, -0.2) is 25.9 Å². The molecule has 26 heavy (non-hydrogen) atoms. The molecule has 0 bridgehead atoms. The van der Waals surface area contributed by atoms with Gasteiger partial charge < -0.3 is 4.74 Å². The first-order chi connectivity index (χ1) is 12.2. The van der Waals surface area contributed by atoms with E-state index in [0.717, 1.165) is 12.4 Å². The first-order valence-corrected chi connectivity index (χ1v) is 8.02. The van der Waals surface area contributed by atoms with Crippen LogP contribution < -0.4 is 4.74 Å². The lowest BCUT2D eigenvalue weighted by Gasteiger charge is -2.23. The lowest BCUT2D eigenvalue weighted by Crippen LogP contribution is -2.27. The van der Waals surface area contributed by atoms with Crippen LogP contribution in [0.25, 0.3) is 5.69 Å². The minimum atomic E-state index is -4.72. The fourth-order valence-corrected chi connectivity index (χ4v) is 2.60. The van der Waals surface area contributed by atoms with Crippen LogP contribution in [0.3, 0.4) is 0 Å². The lowest BCUT2D eigenvalue weighted by molar-refractivity contribution is -0.198. The molecule has 3 aromatic rings.